The van der Waals surface area contributed by atoms with Crippen LogP contribution >= 0.6 is 0 Å². The van der Waals surface area contributed by atoms with Crippen LogP contribution in [0.4, 0.5) is 0 Å². The third-order valence-electron chi connectivity index (χ3n) is 4.57. The van der Waals surface area contributed by atoms with E-state index < -0.39 is 5.97 Å². The molecule has 0 spiro atoms. The highest BCUT2D eigenvalue weighted by Gasteiger charge is 2.10. The fourth-order valence-corrected chi connectivity index (χ4v) is 3.01. The van der Waals surface area contributed by atoms with Gasteiger partial charge in [-0.3, -0.25) is 0 Å². The maximum Gasteiger partial charge on any atom is 0.339 e. The number of aromatic hydroxyl groups is 1. The number of benzene rings is 1. The molecule has 0 aromatic heterocycles. The molecule has 0 bridgehead atoms. The van der Waals surface area contributed by atoms with Gasteiger partial charge in [-0.2, -0.15) is 0 Å². The molecule has 0 unspecified atom stereocenters. The predicted molar refractivity (Wildman–Crippen MR) is 105 cm³/mol. The van der Waals surface area contributed by atoms with Crippen LogP contribution in [-0.4, -0.2) is 16.2 Å². The molecule has 0 heterocycles. The summed E-state index contributed by atoms with van der Waals surface area (Å²) in [5, 5.41) is 18.9. The molecule has 1 aromatic rings. The van der Waals surface area contributed by atoms with E-state index in [2.05, 4.69) is 6.92 Å². The van der Waals surface area contributed by atoms with E-state index in [0.29, 0.717) is 5.56 Å². The van der Waals surface area contributed by atoms with Crippen molar-refractivity contribution in [3.8, 4) is 5.75 Å². The molecular formula is C22H34O3. The van der Waals surface area contributed by atoms with Crippen LogP contribution in [0.15, 0.2) is 24.3 Å². The van der Waals surface area contributed by atoms with Gasteiger partial charge in [-0.15, -0.1) is 0 Å². The van der Waals surface area contributed by atoms with Gasteiger partial charge in [0.1, 0.15) is 11.3 Å². The smallest absolute Gasteiger partial charge is 0.339 e. The SMILES string of the molecule is CCCCCCCCCCCCC/C=C/c1cccc(C(=O)O)c1O. The van der Waals surface area contributed by atoms with Crippen molar-refractivity contribution in [2.24, 2.45) is 0 Å². The molecule has 0 aliphatic rings. The number of para-hydroxylation sites is 1. The number of unbranched alkanes of at least 4 members (excludes halogenated alkanes) is 11. The van der Waals surface area contributed by atoms with Crippen LogP contribution in [0.1, 0.15) is 99.9 Å². The van der Waals surface area contributed by atoms with Crippen LogP contribution in [0.3, 0.4) is 0 Å². The molecule has 0 aliphatic carbocycles. The lowest BCUT2D eigenvalue weighted by molar-refractivity contribution is 0.0693. The van der Waals surface area contributed by atoms with Gasteiger partial charge >= 0.3 is 5.97 Å². The molecule has 0 amide bonds. The van der Waals surface area contributed by atoms with Crippen molar-refractivity contribution < 1.29 is 15.0 Å². The van der Waals surface area contributed by atoms with Crippen molar-refractivity contribution in [1.82, 2.24) is 0 Å². The van der Waals surface area contributed by atoms with Crippen molar-refractivity contribution >= 4 is 12.0 Å². The van der Waals surface area contributed by atoms with Gasteiger partial charge in [0.2, 0.25) is 0 Å². The molecule has 2 N–H and O–H groups in total. The van der Waals surface area contributed by atoms with Crippen molar-refractivity contribution in [2.45, 2.75) is 84.0 Å². The summed E-state index contributed by atoms with van der Waals surface area (Å²) in [6.45, 7) is 2.26. The van der Waals surface area contributed by atoms with Gasteiger partial charge in [-0.1, -0.05) is 95.4 Å². The van der Waals surface area contributed by atoms with Crippen LogP contribution < -0.4 is 0 Å². The second kappa shape index (κ2) is 13.5. The Labute approximate surface area is 152 Å². The predicted octanol–water partition coefficient (Wildman–Crippen LogP) is 6.80. The highest BCUT2D eigenvalue weighted by Crippen LogP contribution is 2.24. The first kappa shape index (κ1) is 21.3. The summed E-state index contributed by atoms with van der Waals surface area (Å²) in [7, 11) is 0. The van der Waals surface area contributed by atoms with Gasteiger partial charge in [0.25, 0.3) is 0 Å². The minimum absolute atomic E-state index is 0.0446. The average Bonchev–Trinajstić information content (AvgIpc) is 2.60. The zero-order valence-electron chi connectivity index (χ0n) is 15.7. The highest BCUT2D eigenvalue weighted by molar-refractivity contribution is 5.92. The molecule has 0 saturated carbocycles. The number of phenols is 1. The fraction of sp³-hybridized carbons (Fsp3) is 0.591. The quantitative estimate of drug-likeness (QED) is 0.364. The molecular weight excluding hydrogens is 312 g/mol. The number of carboxylic acid groups (broad SMARTS) is 1. The van der Waals surface area contributed by atoms with E-state index in [1.54, 1.807) is 12.1 Å². The highest BCUT2D eigenvalue weighted by atomic mass is 16.4. The number of carboxylic acids is 1. The monoisotopic (exact) mass is 346 g/mol. The summed E-state index contributed by atoms with van der Waals surface area (Å²) in [4.78, 5) is 11.0. The number of hydrogen-bond acceptors (Lipinski definition) is 2. The lowest BCUT2D eigenvalue weighted by Crippen LogP contribution is -1.97. The summed E-state index contributed by atoms with van der Waals surface area (Å²) in [6.07, 6.45) is 19.4. The molecule has 1 aromatic carbocycles. The fourth-order valence-electron chi connectivity index (χ4n) is 3.01. The van der Waals surface area contributed by atoms with Crippen molar-refractivity contribution in [1.29, 1.82) is 0 Å². The molecule has 1 rings (SSSR count). The van der Waals surface area contributed by atoms with Crippen molar-refractivity contribution in [3.05, 3.63) is 35.4 Å². The minimum atomic E-state index is -1.10. The van der Waals surface area contributed by atoms with Crippen LogP contribution in [0.25, 0.3) is 6.08 Å². The number of aromatic carboxylic acids is 1. The van der Waals surface area contributed by atoms with Crippen LogP contribution in [-0.2, 0) is 0 Å². The van der Waals surface area contributed by atoms with E-state index in [9.17, 15) is 9.90 Å². The van der Waals surface area contributed by atoms with E-state index in [0.717, 1.165) is 12.8 Å². The Kier molecular flexibility index (Phi) is 11.5. The molecule has 0 fully saturated rings. The summed E-state index contributed by atoms with van der Waals surface area (Å²) in [5.41, 5.74) is 0.528. The summed E-state index contributed by atoms with van der Waals surface area (Å²) < 4.78 is 0. The number of hydrogen-bond donors (Lipinski definition) is 2. The lowest BCUT2D eigenvalue weighted by Gasteiger charge is -2.03. The van der Waals surface area contributed by atoms with Gasteiger partial charge in [0, 0.05) is 5.56 Å². The molecule has 3 heteroatoms. The van der Waals surface area contributed by atoms with Gasteiger partial charge in [0.15, 0.2) is 0 Å². The topological polar surface area (TPSA) is 57.5 Å². The van der Waals surface area contributed by atoms with Crippen LogP contribution in [0, 0.1) is 0 Å². The Bertz CT molecular complexity index is 520. The third-order valence-corrected chi connectivity index (χ3v) is 4.57. The van der Waals surface area contributed by atoms with Gasteiger partial charge < -0.3 is 10.2 Å². The Morgan fingerprint density at radius 1 is 0.920 bits per heavy atom. The first-order chi connectivity index (χ1) is 12.2. The summed E-state index contributed by atoms with van der Waals surface area (Å²) in [6, 6.07) is 4.81. The summed E-state index contributed by atoms with van der Waals surface area (Å²) in [5.74, 6) is -1.25. The maximum absolute atomic E-state index is 11.0. The lowest BCUT2D eigenvalue weighted by atomic mass is 10.0. The van der Waals surface area contributed by atoms with Crippen molar-refractivity contribution in [2.75, 3.05) is 0 Å². The Hall–Kier alpha value is -1.77. The van der Waals surface area contributed by atoms with E-state index in [-0.39, 0.29) is 11.3 Å². The minimum Gasteiger partial charge on any atom is -0.506 e. The molecule has 25 heavy (non-hydrogen) atoms. The summed E-state index contributed by atoms with van der Waals surface area (Å²) >= 11 is 0. The van der Waals surface area contributed by atoms with Gasteiger partial charge in [-0.25, -0.2) is 4.79 Å². The zero-order valence-corrected chi connectivity index (χ0v) is 15.7. The van der Waals surface area contributed by atoms with Gasteiger partial charge in [-0.05, 0) is 18.9 Å². The largest absolute Gasteiger partial charge is 0.506 e. The standard InChI is InChI=1S/C22H34O3/c1-2-3-4-5-6-7-8-9-10-11-12-13-14-16-19-17-15-18-20(21(19)23)22(24)25/h14-18,23H,2-13H2,1H3,(H,24,25)/b16-14+. The van der Waals surface area contributed by atoms with E-state index in [4.69, 9.17) is 5.11 Å². The van der Waals surface area contributed by atoms with E-state index in [1.807, 2.05) is 12.2 Å². The van der Waals surface area contributed by atoms with Crippen molar-refractivity contribution in [3.63, 3.8) is 0 Å². The molecule has 0 radical (unpaired) electrons. The Morgan fingerprint density at radius 2 is 1.48 bits per heavy atom. The number of allylic oxidation sites excluding steroid dienone is 1. The van der Waals surface area contributed by atoms with Crippen LogP contribution in [0.2, 0.25) is 0 Å². The first-order valence-electron chi connectivity index (χ1n) is 9.88. The molecule has 0 atom stereocenters. The van der Waals surface area contributed by atoms with E-state index >= 15 is 0 Å². The van der Waals surface area contributed by atoms with Gasteiger partial charge in [0.05, 0.1) is 0 Å². The Morgan fingerprint density at radius 3 is 2.04 bits per heavy atom. The average molecular weight is 347 g/mol. The molecule has 0 saturated heterocycles. The maximum atomic E-state index is 11.0. The number of rotatable bonds is 14. The normalized spacial score (nSPS) is 11.2. The zero-order chi connectivity index (χ0) is 18.3. The molecule has 3 nitrogen and oxygen atoms in total. The molecule has 140 valence electrons. The second-order valence-electron chi connectivity index (χ2n) is 6.78. The van der Waals surface area contributed by atoms with E-state index in [1.165, 1.54) is 70.3 Å². The number of carbonyl (C=O) groups is 1. The third kappa shape index (κ3) is 9.33. The Balaban J connectivity index is 2.07. The first-order valence-corrected chi connectivity index (χ1v) is 9.88. The van der Waals surface area contributed by atoms with Crippen LogP contribution in [0.5, 0.6) is 5.75 Å². The second-order valence-corrected chi connectivity index (χ2v) is 6.78. The molecule has 0 aliphatic heterocycles.